The van der Waals surface area contributed by atoms with Gasteiger partial charge in [-0.25, -0.2) is 14.4 Å². The molecule has 0 aliphatic carbocycles. The molecule has 1 aromatic carbocycles. The molecule has 1 atom stereocenters. The maximum Gasteiger partial charge on any atom is 0.278 e. The van der Waals surface area contributed by atoms with E-state index in [9.17, 15) is 14.0 Å². The van der Waals surface area contributed by atoms with Gasteiger partial charge in [0.05, 0.1) is 29.8 Å². The SMILES string of the molecule is O=C(CSc1nc2c(=O)[nH]cnc2n1C[C@H]1CCCO1)Nc1ccc(F)c(Cl)c1. The molecule has 11 heteroatoms. The summed E-state index contributed by atoms with van der Waals surface area (Å²) in [5.41, 5.74) is 0.734. The molecule has 2 N–H and O–H groups in total. The second-order valence-corrected chi connectivity index (χ2v) is 7.86. The molecule has 2 aromatic heterocycles. The van der Waals surface area contributed by atoms with Gasteiger partial charge in [0.2, 0.25) is 5.91 Å². The van der Waals surface area contributed by atoms with Gasteiger partial charge in [-0.3, -0.25) is 9.59 Å². The van der Waals surface area contributed by atoms with E-state index in [1.54, 1.807) is 0 Å². The third kappa shape index (κ3) is 4.44. The number of halogens is 2. The van der Waals surface area contributed by atoms with E-state index in [1.165, 1.54) is 36.3 Å². The van der Waals surface area contributed by atoms with Crippen LogP contribution in [-0.2, 0) is 16.1 Å². The zero-order chi connectivity index (χ0) is 20.4. The van der Waals surface area contributed by atoms with Crippen molar-refractivity contribution >= 4 is 46.1 Å². The number of nitrogens with zero attached hydrogens (tertiary/aromatic N) is 3. The summed E-state index contributed by atoms with van der Waals surface area (Å²) in [7, 11) is 0. The van der Waals surface area contributed by atoms with Crippen molar-refractivity contribution in [2.75, 3.05) is 17.7 Å². The largest absolute Gasteiger partial charge is 0.376 e. The van der Waals surface area contributed by atoms with Crippen LogP contribution in [0.1, 0.15) is 12.8 Å². The molecule has 1 amide bonds. The van der Waals surface area contributed by atoms with Gasteiger partial charge in [-0.1, -0.05) is 23.4 Å². The van der Waals surface area contributed by atoms with E-state index in [4.69, 9.17) is 16.3 Å². The van der Waals surface area contributed by atoms with Crippen LogP contribution in [0, 0.1) is 5.82 Å². The van der Waals surface area contributed by atoms with E-state index < -0.39 is 5.82 Å². The van der Waals surface area contributed by atoms with Crippen LogP contribution in [0.2, 0.25) is 5.02 Å². The van der Waals surface area contributed by atoms with Crippen molar-refractivity contribution in [3.8, 4) is 0 Å². The summed E-state index contributed by atoms with van der Waals surface area (Å²) in [4.78, 5) is 35.5. The molecule has 8 nitrogen and oxygen atoms in total. The number of rotatable bonds is 6. The van der Waals surface area contributed by atoms with Crippen LogP contribution in [0.25, 0.3) is 11.2 Å². The summed E-state index contributed by atoms with van der Waals surface area (Å²) in [6.07, 6.45) is 3.25. The van der Waals surface area contributed by atoms with Gasteiger partial charge in [0.25, 0.3) is 5.56 Å². The Kier molecular flexibility index (Phi) is 5.84. The number of hydrogen-bond acceptors (Lipinski definition) is 6. The summed E-state index contributed by atoms with van der Waals surface area (Å²) in [5.74, 6) is -0.822. The van der Waals surface area contributed by atoms with Crippen molar-refractivity contribution in [1.29, 1.82) is 0 Å². The minimum atomic E-state index is -0.556. The second-order valence-electron chi connectivity index (χ2n) is 6.51. The van der Waals surface area contributed by atoms with Crippen LogP contribution in [0.4, 0.5) is 10.1 Å². The van der Waals surface area contributed by atoms with Crippen molar-refractivity contribution in [3.05, 3.63) is 45.7 Å². The molecule has 0 spiro atoms. The highest BCUT2D eigenvalue weighted by atomic mass is 35.5. The zero-order valence-corrected chi connectivity index (χ0v) is 16.7. The lowest BCUT2D eigenvalue weighted by molar-refractivity contribution is -0.113. The molecule has 0 bridgehead atoms. The van der Waals surface area contributed by atoms with Crippen molar-refractivity contribution < 1.29 is 13.9 Å². The van der Waals surface area contributed by atoms with Crippen LogP contribution in [0.5, 0.6) is 0 Å². The van der Waals surface area contributed by atoms with Crippen LogP contribution in [-0.4, -0.2) is 43.9 Å². The smallest absolute Gasteiger partial charge is 0.278 e. The number of amides is 1. The molecule has 1 saturated heterocycles. The van der Waals surface area contributed by atoms with Crippen LogP contribution >= 0.6 is 23.4 Å². The quantitative estimate of drug-likeness (QED) is 0.575. The Bertz CT molecular complexity index is 1110. The summed E-state index contributed by atoms with van der Waals surface area (Å²) < 4.78 is 20.8. The molecule has 29 heavy (non-hydrogen) atoms. The molecule has 1 fully saturated rings. The first-order chi connectivity index (χ1) is 14.0. The maximum absolute atomic E-state index is 13.2. The van der Waals surface area contributed by atoms with E-state index in [0.29, 0.717) is 29.6 Å². The van der Waals surface area contributed by atoms with Gasteiger partial charge < -0.3 is 19.6 Å². The Labute approximate surface area is 173 Å². The van der Waals surface area contributed by atoms with E-state index in [2.05, 4.69) is 20.3 Å². The fraction of sp³-hybridized carbons (Fsp3) is 0.333. The number of carbonyl (C=O) groups is 1. The third-order valence-electron chi connectivity index (χ3n) is 4.45. The Morgan fingerprint density at radius 3 is 3.10 bits per heavy atom. The number of nitrogens with one attached hydrogen (secondary N) is 2. The van der Waals surface area contributed by atoms with Crippen molar-refractivity contribution in [2.45, 2.75) is 30.6 Å². The van der Waals surface area contributed by atoms with Crippen LogP contribution in [0.3, 0.4) is 0 Å². The fourth-order valence-corrected chi connectivity index (χ4v) is 4.08. The Hall–Kier alpha value is -2.43. The number of imidazole rings is 1. The minimum absolute atomic E-state index is 0.0167. The first kappa shape index (κ1) is 19.9. The standard InChI is InChI=1S/C18H17ClFN5O3S/c19-12-6-10(3-4-13(12)20)23-14(26)8-29-18-24-15-16(21-9-22-17(15)27)25(18)7-11-2-1-5-28-11/h3-4,6,9,11H,1-2,5,7-8H2,(H,23,26)(H,21,22,27)/t11-/m1/s1. The number of hydrogen-bond donors (Lipinski definition) is 2. The molecule has 3 heterocycles. The van der Waals surface area contributed by atoms with Gasteiger partial charge >= 0.3 is 0 Å². The molecule has 4 rings (SSSR count). The molecular formula is C18H17ClFN5O3S. The zero-order valence-electron chi connectivity index (χ0n) is 15.2. The number of ether oxygens (including phenoxy) is 1. The van der Waals surface area contributed by atoms with Gasteiger partial charge in [0.1, 0.15) is 5.82 Å². The summed E-state index contributed by atoms with van der Waals surface area (Å²) in [6, 6.07) is 3.96. The van der Waals surface area contributed by atoms with Gasteiger partial charge in [-0.2, -0.15) is 0 Å². The molecule has 0 unspecified atom stereocenters. The van der Waals surface area contributed by atoms with Gasteiger partial charge in [-0.05, 0) is 31.0 Å². The molecule has 1 aliphatic rings. The van der Waals surface area contributed by atoms with Crippen molar-refractivity contribution in [3.63, 3.8) is 0 Å². The average Bonchev–Trinajstić information content (AvgIpc) is 3.33. The summed E-state index contributed by atoms with van der Waals surface area (Å²) >= 11 is 6.92. The number of aromatic nitrogens is 4. The minimum Gasteiger partial charge on any atom is -0.376 e. The predicted octanol–water partition coefficient (Wildman–Crippen LogP) is 2.82. The summed E-state index contributed by atoms with van der Waals surface area (Å²) in [5, 5.41) is 3.10. The predicted molar refractivity (Wildman–Crippen MR) is 108 cm³/mol. The highest BCUT2D eigenvalue weighted by Crippen LogP contribution is 2.25. The normalized spacial score (nSPS) is 16.4. The lowest BCUT2D eigenvalue weighted by atomic mass is 10.2. The highest BCUT2D eigenvalue weighted by Gasteiger charge is 2.22. The monoisotopic (exact) mass is 437 g/mol. The number of aromatic amines is 1. The number of thioether (sulfide) groups is 1. The van der Waals surface area contributed by atoms with Gasteiger partial charge in [0.15, 0.2) is 16.3 Å². The van der Waals surface area contributed by atoms with E-state index in [1.807, 2.05) is 4.57 Å². The van der Waals surface area contributed by atoms with Gasteiger partial charge in [0, 0.05) is 12.3 Å². The maximum atomic E-state index is 13.2. The third-order valence-corrected chi connectivity index (χ3v) is 5.72. The molecule has 0 saturated carbocycles. The Morgan fingerprint density at radius 2 is 2.34 bits per heavy atom. The number of anilines is 1. The average molecular weight is 438 g/mol. The number of H-pyrrole nitrogens is 1. The highest BCUT2D eigenvalue weighted by molar-refractivity contribution is 7.99. The van der Waals surface area contributed by atoms with Gasteiger partial charge in [-0.15, -0.1) is 0 Å². The number of benzene rings is 1. The number of carbonyl (C=O) groups excluding carboxylic acids is 1. The van der Waals surface area contributed by atoms with E-state index in [-0.39, 0.29) is 33.9 Å². The topological polar surface area (TPSA) is 102 Å². The molecule has 152 valence electrons. The lowest BCUT2D eigenvalue weighted by Crippen LogP contribution is -2.18. The first-order valence-corrected chi connectivity index (χ1v) is 10.3. The Balaban J connectivity index is 1.51. The van der Waals surface area contributed by atoms with E-state index in [0.717, 1.165) is 12.8 Å². The lowest BCUT2D eigenvalue weighted by Gasteiger charge is -2.13. The molecule has 1 aliphatic heterocycles. The number of fused-ring (bicyclic) bond motifs is 1. The van der Waals surface area contributed by atoms with Crippen LogP contribution in [0.15, 0.2) is 34.5 Å². The second kappa shape index (κ2) is 8.52. The molecule has 0 radical (unpaired) electrons. The van der Waals surface area contributed by atoms with Crippen molar-refractivity contribution in [2.24, 2.45) is 0 Å². The Morgan fingerprint density at radius 1 is 1.48 bits per heavy atom. The first-order valence-electron chi connectivity index (χ1n) is 8.94. The molecular weight excluding hydrogens is 421 g/mol. The van der Waals surface area contributed by atoms with E-state index >= 15 is 0 Å². The molecule has 3 aromatic rings. The summed E-state index contributed by atoms with van der Waals surface area (Å²) in [6.45, 7) is 1.21. The van der Waals surface area contributed by atoms with Crippen molar-refractivity contribution in [1.82, 2.24) is 19.5 Å². The van der Waals surface area contributed by atoms with Crippen LogP contribution < -0.4 is 10.9 Å². The fourth-order valence-electron chi connectivity index (χ4n) is 3.10.